The Labute approximate surface area is 81.6 Å². The maximum atomic E-state index is 5.50. The fourth-order valence-corrected chi connectivity index (χ4v) is 1.06. The third-order valence-corrected chi connectivity index (χ3v) is 2.07. The summed E-state index contributed by atoms with van der Waals surface area (Å²) in [5.74, 6) is 0.652. The van der Waals surface area contributed by atoms with Crippen molar-refractivity contribution in [1.82, 2.24) is 0 Å². The molecule has 0 aromatic heterocycles. The first-order valence-electron chi connectivity index (χ1n) is 5.08. The summed E-state index contributed by atoms with van der Waals surface area (Å²) in [4.78, 5) is 0. The maximum Gasteiger partial charge on any atom is 0.0700 e. The van der Waals surface area contributed by atoms with Crippen LogP contribution in [0, 0.1) is 5.92 Å². The van der Waals surface area contributed by atoms with E-state index in [0.29, 0.717) is 19.1 Å². The number of ether oxygens (including phenoxy) is 2. The van der Waals surface area contributed by atoms with Gasteiger partial charge in [-0.2, -0.15) is 0 Å². The van der Waals surface area contributed by atoms with Crippen molar-refractivity contribution < 1.29 is 9.47 Å². The summed E-state index contributed by atoms with van der Waals surface area (Å²) in [7, 11) is 1.69. The van der Waals surface area contributed by atoms with Crippen LogP contribution in [0.2, 0.25) is 0 Å². The summed E-state index contributed by atoms with van der Waals surface area (Å²) < 4.78 is 10.2. The van der Waals surface area contributed by atoms with Crippen LogP contribution in [0.5, 0.6) is 0 Å². The first-order valence-corrected chi connectivity index (χ1v) is 5.08. The minimum absolute atomic E-state index is 0.652. The van der Waals surface area contributed by atoms with E-state index in [-0.39, 0.29) is 0 Å². The van der Waals surface area contributed by atoms with Crippen molar-refractivity contribution in [1.29, 1.82) is 0 Å². The van der Waals surface area contributed by atoms with Gasteiger partial charge in [0.15, 0.2) is 0 Å². The number of rotatable bonds is 9. The van der Waals surface area contributed by atoms with Crippen molar-refractivity contribution in [3.63, 3.8) is 0 Å². The average molecular weight is 189 g/mol. The van der Waals surface area contributed by atoms with Gasteiger partial charge in [-0.3, -0.25) is 0 Å². The van der Waals surface area contributed by atoms with E-state index in [1.54, 1.807) is 7.11 Å². The number of hydrogen-bond acceptors (Lipinski definition) is 3. The Balaban J connectivity index is 2.91. The Hall–Kier alpha value is -0.120. The molecule has 0 aliphatic carbocycles. The van der Waals surface area contributed by atoms with E-state index in [1.807, 2.05) is 0 Å². The fraction of sp³-hybridized carbons (Fsp3) is 1.00. The number of unbranched alkanes of at least 4 members (excludes halogenated alkanes) is 1. The van der Waals surface area contributed by atoms with E-state index in [1.165, 1.54) is 12.8 Å². The molecule has 2 N–H and O–H groups in total. The largest absolute Gasteiger partial charge is 0.382 e. The molecule has 0 aromatic carbocycles. The Morgan fingerprint density at radius 1 is 1.15 bits per heavy atom. The second-order valence-corrected chi connectivity index (χ2v) is 3.44. The monoisotopic (exact) mass is 189 g/mol. The molecular formula is C10H23NO2. The molecule has 0 spiro atoms. The molecule has 0 bridgehead atoms. The highest BCUT2D eigenvalue weighted by molar-refractivity contribution is 4.52. The summed E-state index contributed by atoms with van der Waals surface area (Å²) in [5.41, 5.74) is 5.50. The molecule has 0 saturated heterocycles. The highest BCUT2D eigenvalue weighted by Gasteiger charge is 1.97. The molecule has 0 rings (SSSR count). The van der Waals surface area contributed by atoms with Gasteiger partial charge in [0.25, 0.3) is 0 Å². The number of methoxy groups -OCH3 is 1. The van der Waals surface area contributed by atoms with Crippen LogP contribution in [0.3, 0.4) is 0 Å². The van der Waals surface area contributed by atoms with E-state index in [2.05, 4.69) is 6.92 Å². The van der Waals surface area contributed by atoms with Crippen molar-refractivity contribution in [3.05, 3.63) is 0 Å². The molecule has 0 aliphatic heterocycles. The fourth-order valence-electron chi connectivity index (χ4n) is 1.06. The number of hydrogen-bond donors (Lipinski definition) is 1. The van der Waals surface area contributed by atoms with Crippen LogP contribution in [0.25, 0.3) is 0 Å². The summed E-state index contributed by atoms with van der Waals surface area (Å²) in [6, 6.07) is 0. The van der Waals surface area contributed by atoms with Crippen LogP contribution in [0.4, 0.5) is 0 Å². The predicted octanol–water partition coefficient (Wildman–Crippen LogP) is 1.41. The molecule has 0 aromatic rings. The molecule has 0 radical (unpaired) electrons. The third-order valence-electron chi connectivity index (χ3n) is 2.07. The van der Waals surface area contributed by atoms with Gasteiger partial charge in [-0.25, -0.2) is 0 Å². The molecule has 0 heterocycles. The van der Waals surface area contributed by atoms with Crippen LogP contribution in [0.15, 0.2) is 0 Å². The molecule has 13 heavy (non-hydrogen) atoms. The van der Waals surface area contributed by atoms with Gasteiger partial charge in [0, 0.05) is 13.7 Å². The van der Waals surface area contributed by atoms with E-state index in [9.17, 15) is 0 Å². The predicted molar refractivity (Wildman–Crippen MR) is 54.8 cm³/mol. The first-order chi connectivity index (χ1) is 6.31. The van der Waals surface area contributed by atoms with Gasteiger partial charge in [0.2, 0.25) is 0 Å². The van der Waals surface area contributed by atoms with E-state index in [0.717, 1.165) is 19.6 Å². The summed E-state index contributed by atoms with van der Waals surface area (Å²) in [5, 5.41) is 0. The van der Waals surface area contributed by atoms with Gasteiger partial charge in [-0.05, 0) is 25.3 Å². The van der Waals surface area contributed by atoms with Gasteiger partial charge in [0.05, 0.1) is 13.2 Å². The minimum Gasteiger partial charge on any atom is -0.382 e. The molecule has 3 heteroatoms. The molecule has 0 aliphatic rings. The maximum absolute atomic E-state index is 5.50. The van der Waals surface area contributed by atoms with Crippen LogP contribution in [-0.2, 0) is 9.47 Å². The Kier molecular flexibility index (Phi) is 9.87. The lowest BCUT2D eigenvalue weighted by Gasteiger charge is -2.07. The normalized spacial score (nSPS) is 13.2. The van der Waals surface area contributed by atoms with Crippen LogP contribution >= 0.6 is 0 Å². The van der Waals surface area contributed by atoms with Gasteiger partial charge in [-0.1, -0.05) is 13.3 Å². The van der Waals surface area contributed by atoms with Crippen molar-refractivity contribution in [2.75, 3.05) is 33.5 Å². The topological polar surface area (TPSA) is 44.5 Å². The third kappa shape index (κ3) is 9.80. The summed E-state index contributed by atoms with van der Waals surface area (Å²) >= 11 is 0. The molecule has 0 saturated carbocycles. The Morgan fingerprint density at radius 2 is 1.92 bits per heavy atom. The van der Waals surface area contributed by atoms with Gasteiger partial charge in [-0.15, -0.1) is 0 Å². The highest BCUT2D eigenvalue weighted by Crippen LogP contribution is 2.05. The number of nitrogens with two attached hydrogens (primary N) is 1. The van der Waals surface area contributed by atoms with Crippen molar-refractivity contribution >= 4 is 0 Å². The first kappa shape index (κ1) is 12.9. The molecular weight excluding hydrogens is 166 g/mol. The zero-order valence-corrected chi connectivity index (χ0v) is 8.92. The van der Waals surface area contributed by atoms with Crippen LogP contribution in [0.1, 0.15) is 26.2 Å². The average Bonchev–Trinajstić information content (AvgIpc) is 2.16. The second kappa shape index (κ2) is 9.96. The van der Waals surface area contributed by atoms with Crippen LogP contribution < -0.4 is 5.73 Å². The Bertz CT molecular complexity index is 98.9. The lowest BCUT2D eigenvalue weighted by atomic mass is 10.1. The van der Waals surface area contributed by atoms with Crippen LogP contribution in [-0.4, -0.2) is 33.5 Å². The van der Waals surface area contributed by atoms with E-state index >= 15 is 0 Å². The summed E-state index contributed by atoms with van der Waals surface area (Å²) in [6.07, 6.45) is 3.56. The van der Waals surface area contributed by atoms with Gasteiger partial charge < -0.3 is 15.2 Å². The zero-order valence-electron chi connectivity index (χ0n) is 8.92. The smallest absolute Gasteiger partial charge is 0.0700 e. The SMILES string of the molecule is COCCOCCCCC(C)CN. The molecule has 3 nitrogen and oxygen atoms in total. The second-order valence-electron chi connectivity index (χ2n) is 3.44. The Morgan fingerprint density at radius 3 is 2.54 bits per heavy atom. The molecule has 80 valence electrons. The van der Waals surface area contributed by atoms with Gasteiger partial charge in [0.1, 0.15) is 0 Å². The van der Waals surface area contributed by atoms with Crippen molar-refractivity contribution in [3.8, 4) is 0 Å². The quantitative estimate of drug-likeness (QED) is 0.558. The van der Waals surface area contributed by atoms with Gasteiger partial charge >= 0.3 is 0 Å². The molecule has 0 amide bonds. The summed E-state index contributed by atoms with van der Waals surface area (Å²) in [6.45, 7) is 5.24. The van der Waals surface area contributed by atoms with Crippen molar-refractivity contribution in [2.24, 2.45) is 11.7 Å². The minimum atomic E-state index is 0.652. The van der Waals surface area contributed by atoms with E-state index < -0.39 is 0 Å². The van der Waals surface area contributed by atoms with E-state index in [4.69, 9.17) is 15.2 Å². The molecule has 1 atom stereocenters. The zero-order chi connectivity index (χ0) is 9.94. The highest BCUT2D eigenvalue weighted by atomic mass is 16.5. The standard InChI is InChI=1S/C10H23NO2/c1-10(9-11)5-3-4-6-13-8-7-12-2/h10H,3-9,11H2,1-2H3. The molecule has 0 fully saturated rings. The lowest BCUT2D eigenvalue weighted by Crippen LogP contribution is -2.10. The molecule has 1 unspecified atom stereocenters. The lowest BCUT2D eigenvalue weighted by molar-refractivity contribution is 0.0683. The van der Waals surface area contributed by atoms with Crippen molar-refractivity contribution in [2.45, 2.75) is 26.2 Å².